The maximum Gasteiger partial charge on any atom is 0.225 e. The zero-order valence-electron chi connectivity index (χ0n) is 14.9. The number of hydrogen-bond acceptors (Lipinski definition) is 2. The van der Waals surface area contributed by atoms with Crippen molar-refractivity contribution in [3.63, 3.8) is 0 Å². The fourth-order valence-electron chi connectivity index (χ4n) is 4.05. The van der Waals surface area contributed by atoms with Crippen LogP contribution < -0.4 is 5.32 Å². The summed E-state index contributed by atoms with van der Waals surface area (Å²) in [6, 6.07) is 13.5. The molecular formula is C22H19Cl2NO2. The second-order valence-corrected chi connectivity index (χ2v) is 8.12. The van der Waals surface area contributed by atoms with Crippen LogP contribution in [0.25, 0.3) is 0 Å². The fourth-order valence-corrected chi connectivity index (χ4v) is 4.35. The first-order valence-electron chi connectivity index (χ1n) is 9.00. The minimum atomic E-state index is -0.170. The molecule has 0 bridgehead atoms. The first-order valence-corrected chi connectivity index (χ1v) is 9.75. The molecule has 27 heavy (non-hydrogen) atoms. The molecule has 2 aromatic rings. The van der Waals surface area contributed by atoms with Gasteiger partial charge in [0.2, 0.25) is 5.91 Å². The molecule has 1 N–H and O–H groups in total. The summed E-state index contributed by atoms with van der Waals surface area (Å²) in [7, 11) is 0. The molecule has 0 saturated heterocycles. The third-order valence-corrected chi connectivity index (χ3v) is 6.17. The van der Waals surface area contributed by atoms with Gasteiger partial charge in [0.15, 0.2) is 5.78 Å². The van der Waals surface area contributed by atoms with Crippen molar-refractivity contribution >= 4 is 34.9 Å². The highest BCUT2D eigenvalue weighted by Gasteiger charge is 2.38. The van der Waals surface area contributed by atoms with Gasteiger partial charge in [0, 0.05) is 30.0 Å². The van der Waals surface area contributed by atoms with Crippen molar-refractivity contribution in [1.29, 1.82) is 0 Å². The quantitative estimate of drug-likeness (QED) is 0.743. The number of halogens is 2. The Bertz CT molecular complexity index is 963. The number of allylic oxidation sites excluding steroid dienone is 2. The van der Waals surface area contributed by atoms with Crippen LogP contribution in [0.5, 0.6) is 0 Å². The number of nitrogens with one attached hydrogen (secondary N) is 1. The van der Waals surface area contributed by atoms with Crippen molar-refractivity contribution < 1.29 is 9.59 Å². The summed E-state index contributed by atoms with van der Waals surface area (Å²) in [5.41, 5.74) is 4.65. The normalized spacial score (nSPS) is 22.5. The zero-order chi connectivity index (χ0) is 19.1. The lowest BCUT2D eigenvalue weighted by atomic mass is 9.73. The minimum absolute atomic E-state index is 0.0110. The molecule has 1 amide bonds. The highest BCUT2D eigenvalue weighted by Crippen LogP contribution is 2.43. The smallest absolute Gasteiger partial charge is 0.225 e. The fraction of sp³-hybridized carbons (Fsp3) is 0.273. The molecule has 2 atom stereocenters. The van der Waals surface area contributed by atoms with Crippen molar-refractivity contribution in [3.05, 3.63) is 80.5 Å². The Morgan fingerprint density at radius 1 is 0.889 bits per heavy atom. The summed E-state index contributed by atoms with van der Waals surface area (Å²) < 4.78 is 0. The number of benzene rings is 2. The van der Waals surface area contributed by atoms with Crippen molar-refractivity contribution in [1.82, 2.24) is 5.32 Å². The molecule has 1 heterocycles. The first-order chi connectivity index (χ1) is 12.9. The van der Waals surface area contributed by atoms with E-state index in [0.717, 1.165) is 28.0 Å². The van der Waals surface area contributed by atoms with Crippen LogP contribution in [-0.4, -0.2) is 11.7 Å². The molecule has 2 unspecified atom stereocenters. The monoisotopic (exact) mass is 399 g/mol. The van der Waals surface area contributed by atoms with E-state index in [1.807, 2.05) is 43.3 Å². The Morgan fingerprint density at radius 3 is 2.30 bits per heavy atom. The van der Waals surface area contributed by atoms with E-state index in [1.165, 1.54) is 0 Å². The van der Waals surface area contributed by atoms with Gasteiger partial charge in [0.25, 0.3) is 0 Å². The SMILES string of the molecule is Cc1ccc(C2CC(=O)NC3=C2C(=O)CC(c2ccc(Cl)c(Cl)c2)C3)cc1. The van der Waals surface area contributed by atoms with Crippen LogP contribution in [0.2, 0.25) is 10.0 Å². The molecule has 0 aromatic heterocycles. The molecule has 1 aliphatic carbocycles. The van der Waals surface area contributed by atoms with Gasteiger partial charge in [-0.25, -0.2) is 0 Å². The van der Waals surface area contributed by atoms with Crippen molar-refractivity contribution in [2.24, 2.45) is 0 Å². The predicted octanol–water partition coefficient (Wildman–Crippen LogP) is 5.31. The number of carbonyl (C=O) groups is 2. The Hall–Kier alpha value is -2.10. The Balaban J connectivity index is 1.70. The van der Waals surface area contributed by atoms with E-state index < -0.39 is 0 Å². The molecule has 2 aliphatic rings. The van der Waals surface area contributed by atoms with E-state index in [4.69, 9.17) is 23.2 Å². The van der Waals surface area contributed by atoms with Crippen LogP contribution in [0, 0.1) is 6.92 Å². The second kappa shape index (κ2) is 7.14. The number of ketones is 1. The number of aryl methyl sites for hydroxylation is 1. The van der Waals surface area contributed by atoms with E-state index in [-0.39, 0.29) is 23.5 Å². The molecule has 4 rings (SSSR count). The van der Waals surface area contributed by atoms with Gasteiger partial charge >= 0.3 is 0 Å². The van der Waals surface area contributed by atoms with Crippen LogP contribution in [0.4, 0.5) is 0 Å². The van der Waals surface area contributed by atoms with Crippen LogP contribution in [0.1, 0.15) is 47.8 Å². The van der Waals surface area contributed by atoms with E-state index in [0.29, 0.717) is 29.3 Å². The standard InChI is InChI=1S/C22H19Cl2NO2/c1-12-2-4-13(5-3-12)16-11-21(27)25-19-9-15(10-20(26)22(16)19)14-6-7-17(23)18(24)8-14/h2-8,15-16H,9-11H2,1H3,(H,25,27). The molecule has 0 radical (unpaired) electrons. The number of carbonyl (C=O) groups excluding carboxylic acids is 2. The summed E-state index contributed by atoms with van der Waals surface area (Å²) in [6.07, 6.45) is 1.34. The van der Waals surface area contributed by atoms with Crippen LogP contribution in [0.15, 0.2) is 53.7 Å². The molecule has 2 aromatic carbocycles. The van der Waals surface area contributed by atoms with E-state index >= 15 is 0 Å². The molecule has 1 aliphatic heterocycles. The van der Waals surface area contributed by atoms with Crippen molar-refractivity contribution in [3.8, 4) is 0 Å². The van der Waals surface area contributed by atoms with Gasteiger partial charge in [-0.1, -0.05) is 59.1 Å². The Labute approximate surface area is 168 Å². The molecule has 3 nitrogen and oxygen atoms in total. The lowest BCUT2D eigenvalue weighted by molar-refractivity contribution is -0.122. The molecule has 5 heteroatoms. The maximum absolute atomic E-state index is 13.1. The van der Waals surface area contributed by atoms with Gasteiger partial charge in [-0.05, 0) is 42.5 Å². The van der Waals surface area contributed by atoms with Gasteiger partial charge < -0.3 is 5.32 Å². The number of amides is 1. The van der Waals surface area contributed by atoms with Gasteiger partial charge in [-0.2, -0.15) is 0 Å². The number of Topliss-reactive ketones (excluding diaryl/α,β-unsaturated/α-hetero) is 1. The summed E-state index contributed by atoms with van der Waals surface area (Å²) in [6.45, 7) is 2.02. The zero-order valence-corrected chi connectivity index (χ0v) is 16.4. The average molecular weight is 400 g/mol. The summed E-state index contributed by atoms with van der Waals surface area (Å²) >= 11 is 12.2. The average Bonchev–Trinajstić information content (AvgIpc) is 2.63. The lowest BCUT2D eigenvalue weighted by Crippen LogP contribution is -2.38. The van der Waals surface area contributed by atoms with Crippen LogP contribution in [0.3, 0.4) is 0 Å². The largest absolute Gasteiger partial charge is 0.329 e. The predicted molar refractivity (Wildman–Crippen MR) is 107 cm³/mol. The number of hydrogen-bond donors (Lipinski definition) is 1. The second-order valence-electron chi connectivity index (χ2n) is 7.31. The molecule has 0 spiro atoms. The van der Waals surface area contributed by atoms with Crippen LogP contribution in [-0.2, 0) is 9.59 Å². The van der Waals surface area contributed by atoms with E-state index in [2.05, 4.69) is 5.32 Å². The van der Waals surface area contributed by atoms with E-state index in [1.54, 1.807) is 6.07 Å². The summed E-state index contributed by atoms with van der Waals surface area (Å²) in [5.74, 6) is -0.125. The van der Waals surface area contributed by atoms with Gasteiger partial charge in [-0.15, -0.1) is 0 Å². The van der Waals surface area contributed by atoms with Gasteiger partial charge in [-0.3, -0.25) is 9.59 Å². The van der Waals surface area contributed by atoms with Gasteiger partial charge in [0.1, 0.15) is 0 Å². The minimum Gasteiger partial charge on any atom is -0.329 e. The van der Waals surface area contributed by atoms with Crippen molar-refractivity contribution in [2.45, 2.75) is 38.0 Å². The van der Waals surface area contributed by atoms with Crippen molar-refractivity contribution in [2.75, 3.05) is 0 Å². The molecule has 0 saturated carbocycles. The highest BCUT2D eigenvalue weighted by atomic mass is 35.5. The first kappa shape index (κ1) is 18.3. The lowest BCUT2D eigenvalue weighted by Gasteiger charge is -2.34. The molecule has 0 fully saturated rings. The summed E-state index contributed by atoms with van der Waals surface area (Å²) in [5, 5.41) is 3.92. The van der Waals surface area contributed by atoms with E-state index in [9.17, 15) is 9.59 Å². The summed E-state index contributed by atoms with van der Waals surface area (Å²) in [4.78, 5) is 25.4. The number of rotatable bonds is 2. The maximum atomic E-state index is 13.1. The Morgan fingerprint density at radius 2 is 1.59 bits per heavy atom. The van der Waals surface area contributed by atoms with Gasteiger partial charge in [0.05, 0.1) is 10.0 Å². The molecule has 138 valence electrons. The Kier molecular flexibility index (Phi) is 4.83. The van der Waals surface area contributed by atoms with Crippen LogP contribution >= 0.6 is 23.2 Å². The molecular weight excluding hydrogens is 381 g/mol. The highest BCUT2D eigenvalue weighted by molar-refractivity contribution is 6.42. The third-order valence-electron chi connectivity index (χ3n) is 5.43. The third kappa shape index (κ3) is 3.54. The topological polar surface area (TPSA) is 46.2 Å².